The van der Waals surface area contributed by atoms with E-state index >= 15 is 0 Å². The third-order valence-electron chi connectivity index (χ3n) is 4.79. The van der Waals surface area contributed by atoms with E-state index in [4.69, 9.17) is 16.9 Å². The molecular formula is C21H21BrClN5O3. The van der Waals surface area contributed by atoms with Crippen LogP contribution in [0.5, 0.6) is 0 Å². The van der Waals surface area contributed by atoms with Crippen molar-refractivity contribution in [2.75, 3.05) is 5.32 Å². The van der Waals surface area contributed by atoms with Crippen LogP contribution in [0, 0.1) is 11.3 Å². The van der Waals surface area contributed by atoms with Crippen molar-refractivity contribution in [2.45, 2.75) is 32.2 Å². The largest absolute Gasteiger partial charge is 0.368 e. The number of nitriles is 1. The highest BCUT2D eigenvalue weighted by molar-refractivity contribution is 9.10. The van der Waals surface area contributed by atoms with Gasteiger partial charge in [-0.15, -0.1) is 0 Å². The van der Waals surface area contributed by atoms with Crippen molar-refractivity contribution in [3.63, 3.8) is 0 Å². The topological polar surface area (TPSA) is 116 Å². The normalized spacial score (nSPS) is 12.3. The summed E-state index contributed by atoms with van der Waals surface area (Å²) in [4.78, 5) is 17.0. The zero-order valence-electron chi connectivity index (χ0n) is 17.0. The van der Waals surface area contributed by atoms with E-state index < -0.39 is 12.3 Å². The molecule has 3 rings (SSSR count). The molecule has 1 aromatic carbocycles. The van der Waals surface area contributed by atoms with Crippen LogP contribution in [-0.4, -0.2) is 24.3 Å². The number of hydrogen-bond acceptors (Lipinski definition) is 6. The average molecular weight is 507 g/mol. The highest BCUT2D eigenvalue weighted by Crippen LogP contribution is 2.35. The van der Waals surface area contributed by atoms with Gasteiger partial charge in [-0.3, -0.25) is 4.79 Å². The van der Waals surface area contributed by atoms with Crippen LogP contribution in [0.15, 0.2) is 46.1 Å². The second kappa shape index (κ2) is 9.24. The molecule has 0 fully saturated rings. The van der Waals surface area contributed by atoms with E-state index in [9.17, 15) is 15.0 Å². The van der Waals surface area contributed by atoms with Gasteiger partial charge in [0, 0.05) is 19.3 Å². The summed E-state index contributed by atoms with van der Waals surface area (Å²) in [5.74, 6) is 0. The lowest BCUT2D eigenvalue weighted by Gasteiger charge is -2.25. The third kappa shape index (κ3) is 4.67. The van der Waals surface area contributed by atoms with E-state index in [-0.39, 0.29) is 23.0 Å². The van der Waals surface area contributed by atoms with Crippen LogP contribution in [0.3, 0.4) is 0 Å². The minimum atomic E-state index is -1.84. The quantitative estimate of drug-likeness (QED) is 0.440. The lowest BCUT2D eigenvalue weighted by molar-refractivity contribution is -0.0464. The molecule has 0 spiro atoms. The molecule has 0 amide bonds. The molecule has 0 saturated carbocycles. The van der Waals surface area contributed by atoms with E-state index in [2.05, 4.69) is 32.3 Å². The Morgan fingerprint density at radius 1 is 1.26 bits per heavy atom. The van der Waals surface area contributed by atoms with Crippen molar-refractivity contribution in [3.05, 3.63) is 79.2 Å². The number of aryl methyl sites for hydroxylation is 1. The summed E-state index contributed by atoms with van der Waals surface area (Å²) in [6.45, 7) is 3.86. The Morgan fingerprint density at radius 3 is 2.45 bits per heavy atom. The molecule has 8 nitrogen and oxygen atoms in total. The van der Waals surface area contributed by atoms with Crippen LogP contribution in [0.25, 0.3) is 0 Å². The van der Waals surface area contributed by atoms with Crippen LogP contribution in [0.1, 0.15) is 54.7 Å². The molecule has 0 aliphatic carbocycles. The second-order valence-corrected chi connectivity index (χ2v) is 8.43. The Balaban J connectivity index is 2.27. The maximum Gasteiger partial charge on any atom is 0.273 e. The van der Waals surface area contributed by atoms with E-state index in [1.165, 1.54) is 16.8 Å². The van der Waals surface area contributed by atoms with Crippen molar-refractivity contribution in [3.8, 4) is 6.07 Å². The maximum atomic E-state index is 12.7. The first kappa shape index (κ1) is 23.0. The van der Waals surface area contributed by atoms with Gasteiger partial charge in [0.2, 0.25) is 0 Å². The Hall–Kier alpha value is -2.64. The molecule has 2 heterocycles. The van der Waals surface area contributed by atoms with Gasteiger partial charge in [0.1, 0.15) is 11.4 Å². The van der Waals surface area contributed by atoms with Crippen LogP contribution in [0.2, 0.25) is 5.02 Å². The van der Waals surface area contributed by atoms with Crippen molar-refractivity contribution < 1.29 is 10.2 Å². The number of aliphatic hydroxyl groups excluding tert-OH is 1. The summed E-state index contributed by atoms with van der Waals surface area (Å²) in [7, 11) is 1.59. The Kier molecular flexibility index (Phi) is 6.86. The van der Waals surface area contributed by atoms with Gasteiger partial charge >= 0.3 is 0 Å². The molecule has 0 saturated heterocycles. The molecule has 1 unspecified atom stereocenters. The van der Waals surface area contributed by atoms with Gasteiger partial charge in [-0.1, -0.05) is 23.7 Å². The van der Waals surface area contributed by atoms with Gasteiger partial charge in [0.15, 0.2) is 11.0 Å². The van der Waals surface area contributed by atoms with Gasteiger partial charge in [0.25, 0.3) is 5.56 Å². The predicted molar refractivity (Wildman–Crippen MR) is 121 cm³/mol. The van der Waals surface area contributed by atoms with Gasteiger partial charge in [0.05, 0.1) is 28.4 Å². The fourth-order valence-electron chi connectivity index (χ4n) is 3.39. The van der Waals surface area contributed by atoms with Crippen molar-refractivity contribution in [1.29, 1.82) is 5.26 Å². The molecule has 10 heteroatoms. The molecule has 31 heavy (non-hydrogen) atoms. The number of pyridine rings is 1. The number of nitrogens with one attached hydrogen (secondary N) is 1. The van der Waals surface area contributed by atoms with E-state index in [0.717, 1.165) is 0 Å². The monoisotopic (exact) mass is 505 g/mol. The molecule has 162 valence electrons. The van der Waals surface area contributed by atoms with Gasteiger partial charge in [-0.05, 0) is 53.5 Å². The molecule has 3 aromatic rings. The Bertz CT molecular complexity index is 1200. The summed E-state index contributed by atoms with van der Waals surface area (Å²) in [6, 6.07) is 9.59. The molecule has 2 aromatic heterocycles. The molecule has 1 atom stereocenters. The summed E-state index contributed by atoms with van der Waals surface area (Å²) in [6.07, 6.45) is -0.333. The number of benzene rings is 1. The first-order valence-corrected chi connectivity index (χ1v) is 10.6. The Labute approximate surface area is 192 Å². The number of aliphatic hydroxyl groups is 2. The number of imidazole rings is 1. The standard InChI is InChI=1S/C21H21BrClN5O3/c1-11(2)28-18(17(20(30)31)26-21(28)22)16(13-6-4-12(9-24)5-7-13)25-15-8-14(23)10-27(3)19(15)29/h4-8,10-11,16,20,25,30-31H,1-3H3. The molecule has 3 N–H and O–H groups in total. The highest BCUT2D eigenvalue weighted by Gasteiger charge is 2.30. The average Bonchev–Trinajstić information content (AvgIpc) is 3.07. The fourth-order valence-corrected chi connectivity index (χ4v) is 4.44. The van der Waals surface area contributed by atoms with Crippen molar-refractivity contribution in [1.82, 2.24) is 14.1 Å². The maximum absolute atomic E-state index is 12.7. The molecule has 0 radical (unpaired) electrons. The first-order chi connectivity index (χ1) is 14.6. The summed E-state index contributed by atoms with van der Waals surface area (Å²) < 4.78 is 3.58. The molecule has 0 bridgehead atoms. The number of aromatic nitrogens is 3. The van der Waals surface area contributed by atoms with Gasteiger partial charge < -0.3 is 24.7 Å². The highest BCUT2D eigenvalue weighted by atomic mass is 79.9. The van der Waals surface area contributed by atoms with E-state index in [0.29, 0.717) is 26.6 Å². The van der Waals surface area contributed by atoms with Crippen molar-refractivity contribution >= 4 is 33.2 Å². The van der Waals surface area contributed by atoms with Gasteiger partial charge in [-0.2, -0.15) is 5.26 Å². The molecule has 0 aliphatic rings. The smallest absolute Gasteiger partial charge is 0.273 e. The summed E-state index contributed by atoms with van der Waals surface area (Å²) in [5.41, 5.74) is 1.60. The minimum Gasteiger partial charge on any atom is -0.368 e. The van der Waals surface area contributed by atoms with Crippen LogP contribution < -0.4 is 10.9 Å². The van der Waals surface area contributed by atoms with Crippen LogP contribution >= 0.6 is 27.5 Å². The number of nitrogens with zero attached hydrogens (tertiary/aromatic N) is 4. The zero-order valence-corrected chi connectivity index (χ0v) is 19.4. The van der Waals surface area contributed by atoms with Crippen LogP contribution in [0.4, 0.5) is 5.69 Å². The zero-order chi connectivity index (χ0) is 22.9. The van der Waals surface area contributed by atoms with Crippen molar-refractivity contribution in [2.24, 2.45) is 7.05 Å². The van der Waals surface area contributed by atoms with Gasteiger partial charge in [-0.25, -0.2) is 4.98 Å². The lowest BCUT2D eigenvalue weighted by atomic mass is 9.99. The first-order valence-electron chi connectivity index (χ1n) is 9.40. The number of anilines is 1. The van der Waals surface area contributed by atoms with E-state index in [1.54, 1.807) is 35.9 Å². The fraction of sp³-hybridized carbons (Fsp3) is 0.286. The number of halogens is 2. The second-order valence-electron chi connectivity index (χ2n) is 7.29. The minimum absolute atomic E-state index is 0.0429. The number of rotatable bonds is 6. The third-order valence-corrected chi connectivity index (χ3v) is 5.56. The lowest BCUT2D eigenvalue weighted by Crippen LogP contribution is -2.26. The van der Waals surface area contributed by atoms with Crippen LogP contribution in [-0.2, 0) is 7.05 Å². The SMILES string of the molecule is CC(C)n1c(Br)nc(C(O)O)c1C(Nc1cc(Cl)cn(C)c1=O)c1ccc(C#N)cc1. The summed E-state index contributed by atoms with van der Waals surface area (Å²) in [5, 5.41) is 32.7. The molecular weight excluding hydrogens is 486 g/mol. The van der Waals surface area contributed by atoms with E-state index in [1.807, 2.05) is 13.8 Å². The molecule has 0 aliphatic heterocycles. The number of hydrogen-bond donors (Lipinski definition) is 3. The Morgan fingerprint density at radius 2 is 1.90 bits per heavy atom. The predicted octanol–water partition coefficient (Wildman–Crippen LogP) is 3.63. The summed E-state index contributed by atoms with van der Waals surface area (Å²) >= 11 is 9.56.